The number of carbonyl (C=O) groups excluding carboxylic acids is 3. The van der Waals surface area contributed by atoms with Crippen molar-refractivity contribution in [2.75, 3.05) is 6.54 Å². The van der Waals surface area contributed by atoms with Crippen LogP contribution in [0.1, 0.15) is 66.5 Å². The number of aryl methyl sites for hydroxylation is 1. The quantitative estimate of drug-likeness (QED) is 0.476. The van der Waals surface area contributed by atoms with E-state index in [1.807, 2.05) is 45.9 Å². The number of hydrogen-bond acceptors (Lipinski definition) is 6. The highest BCUT2D eigenvalue weighted by atomic mass is 16.6. The fraction of sp³-hybridized carbons (Fsp3) is 0.594. The molecule has 226 valence electrons. The molecular weight excluding hydrogens is 534 g/mol. The van der Waals surface area contributed by atoms with Gasteiger partial charge in [0.25, 0.3) is 5.56 Å². The fourth-order valence-corrected chi connectivity index (χ4v) is 6.18. The normalized spacial score (nSPS) is 22.5. The lowest BCUT2D eigenvalue weighted by atomic mass is 9.85. The van der Waals surface area contributed by atoms with E-state index in [1.165, 1.54) is 0 Å². The van der Waals surface area contributed by atoms with Gasteiger partial charge in [-0.2, -0.15) is 5.26 Å². The zero-order chi connectivity index (χ0) is 31.4. The summed E-state index contributed by atoms with van der Waals surface area (Å²) >= 11 is 0. The van der Waals surface area contributed by atoms with Crippen LogP contribution in [0.2, 0.25) is 0 Å². The van der Waals surface area contributed by atoms with Crippen molar-refractivity contribution < 1.29 is 19.1 Å². The number of H-pyrrole nitrogens is 1. The number of amides is 3. The van der Waals surface area contributed by atoms with Crippen LogP contribution in [-0.4, -0.2) is 58.1 Å². The maximum absolute atomic E-state index is 14.0. The van der Waals surface area contributed by atoms with Gasteiger partial charge < -0.3 is 25.3 Å². The molecule has 5 atom stereocenters. The van der Waals surface area contributed by atoms with E-state index in [2.05, 4.69) is 35.5 Å². The van der Waals surface area contributed by atoms with Crippen LogP contribution < -0.4 is 16.2 Å². The maximum atomic E-state index is 14.0. The number of benzene rings is 1. The molecule has 1 aromatic carbocycles. The first kappa shape index (κ1) is 31.1. The third-order valence-electron chi connectivity index (χ3n) is 8.51. The van der Waals surface area contributed by atoms with Crippen LogP contribution in [0.5, 0.6) is 0 Å². The molecule has 42 heavy (non-hydrogen) atoms. The van der Waals surface area contributed by atoms with Gasteiger partial charge in [-0.1, -0.05) is 46.2 Å². The number of nitrogens with one attached hydrogen (secondary N) is 3. The average molecular weight is 578 g/mol. The second kappa shape index (κ2) is 10.8. The number of pyridine rings is 1. The van der Waals surface area contributed by atoms with E-state index in [-0.39, 0.29) is 35.1 Å². The van der Waals surface area contributed by atoms with Gasteiger partial charge >= 0.3 is 6.09 Å². The monoisotopic (exact) mass is 577 g/mol. The third kappa shape index (κ3) is 6.30. The molecule has 3 amide bonds. The van der Waals surface area contributed by atoms with E-state index in [9.17, 15) is 24.4 Å². The summed E-state index contributed by atoms with van der Waals surface area (Å²) in [5.74, 6) is -0.779. The van der Waals surface area contributed by atoms with E-state index >= 15 is 0 Å². The molecule has 1 saturated heterocycles. The smallest absolute Gasteiger partial charge is 0.408 e. The molecule has 3 N–H and O–H groups in total. The van der Waals surface area contributed by atoms with E-state index in [4.69, 9.17) is 4.74 Å². The molecule has 1 aromatic heterocycles. The van der Waals surface area contributed by atoms with Gasteiger partial charge in [0, 0.05) is 24.0 Å². The van der Waals surface area contributed by atoms with Gasteiger partial charge in [-0.25, -0.2) is 4.79 Å². The highest BCUT2D eigenvalue weighted by Gasteiger charge is 2.69. The Morgan fingerprint density at radius 2 is 1.81 bits per heavy atom. The highest BCUT2D eigenvalue weighted by molar-refractivity contribution is 5.93. The number of nitrogens with zero attached hydrogens (tertiary/aromatic N) is 2. The number of piperidine rings is 1. The Balaban J connectivity index is 1.56. The van der Waals surface area contributed by atoms with Gasteiger partial charge in [0.15, 0.2) is 0 Å². The predicted octanol–water partition coefficient (Wildman–Crippen LogP) is 3.81. The van der Waals surface area contributed by atoms with Crippen molar-refractivity contribution in [3.63, 3.8) is 0 Å². The minimum absolute atomic E-state index is 0.0183. The molecule has 10 heteroatoms. The van der Waals surface area contributed by atoms with Gasteiger partial charge in [0.05, 0.1) is 6.07 Å². The molecule has 10 nitrogen and oxygen atoms in total. The van der Waals surface area contributed by atoms with Crippen molar-refractivity contribution in [3.8, 4) is 6.07 Å². The Bertz CT molecular complexity index is 1510. The number of rotatable bonds is 6. The Kier molecular flexibility index (Phi) is 7.96. The van der Waals surface area contributed by atoms with Gasteiger partial charge in [0.1, 0.15) is 23.7 Å². The summed E-state index contributed by atoms with van der Waals surface area (Å²) in [7, 11) is 0. The van der Waals surface area contributed by atoms with Crippen LogP contribution in [0.4, 0.5) is 4.79 Å². The van der Waals surface area contributed by atoms with Crippen molar-refractivity contribution in [3.05, 3.63) is 45.7 Å². The molecule has 2 aliphatic rings. The van der Waals surface area contributed by atoms with E-state index in [1.54, 1.807) is 31.7 Å². The molecule has 1 aliphatic heterocycles. The van der Waals surface area contributed by atoms with E-state index in [0.29, 0.717) is 17.6 Å². The van der Waals surface area contributed by atoms with Crippen LogP contribution in [-0.2, 0) is 20.7 Å². The number of hydrogen-bond donors (Lipinski definition) is 3. The Hall–Kier alpha value is -3.87. The second-order valence-corrected chi connectivity index (χ2v) is 14.4. The van der Waals surface area contributed by atoms with Gasteiger partial charge in [-0.3, -0.25) is 14.4 Å². The Morgan fingerprint density at radius 1 is 1.14 bits per heavy atom. The molecule has 2 heterocycles. The lowest BCUT2D eigenvalue weighted by molar-refractivity contribution is -0.144. The van der Waals surface area contributed by atoms with Crippen LogP contribution in [0, 0.1) is 40.9 Å². The van der Waals surface area contributed by atoms with Crippen molar-refractivity contribution in [2.24, 2.45) is 22.7 Å². The first-order valence-corrected chi connectivity index (χ1v) is 14.5. The van der Waals surface area contributed by atoms with Crippen LogP contribution >= 0.6 is 0 Å². The first-order chi connectivity index (χ1) is 19.3. The molecule has 1 saturated carbocycles. The number of alkyl carbamates (subject to hydrolysis) is 1. The standard InChI is InChI=1S/C32H43N5O5/c1-17-10-11-22-18(12-17)13-19(26(38)35-22)14-20(15-33)34-27(39)24-23-21(32(23,8)9)16-37(24)28(40)25(30(2,3)4)36-29(41)42-31(5,6)7/h10-13,20-21,23-25H,14,16H2,1-9H3,(H,34,39)(H,35,38)(H,36,41)/t20?,21-,23-,24-,25+/m0/s1. The molecule has 2 aromatic rings. The SMILES string of the molecule is Cc1ccc2[nH]c(=O)c(CC(C#N)NC(=O)[C@@H]3[C@@H]4[C@H](CN3C(=O)[C@@H](NC(=O)OC(C)(C)C)C(C)(C)C)C4(C)C)cc2c1. The summed E-state index contributed by atoms with van der Waals surface area (Å²) in [6.07, 6.45) is -0.688. The molecule has 0 radical (unpaired) electrons. The average Bonchev–Trinajstić information content (AvgIpc) is 3.19. The molecule has 4 rings (SSSR count). The molecule has 0 spiro atoms. The second-order valence-electron chi connectivity index (χ2n) is 14.4. The lowest BCUT2D eigenvalue weighted by Gasteiger charge is -2.38. The Morgan fingerprint density at radius 3 is 2.40 bits per heavy atom. The van der Waals surface area contributed by atoms with Crippen molar-refractivity contribution in [1.29, 1.82) is 5.26 Å². The number of aromatic amines is 1. The summed E-state index contributed by atoms with van der Waals surface area (Å²) in [5.41, 5.74) is 0.248. The summed E-state index contributed by atoms with van der Waals surface area (Å²) in [5, 5.41) is 16.3. The number of fused-ring (bicyclic) bond motifs is 2. The number of nitriles is 1. The topological polar surface area (TPSA) is 144 Å². The number of carbonyl (C=O) groups is 3. The van der Waals surface area contributed by atoms with Crippen LogP contribution in [0.25, 0.3) is 10.9 Å². The molecule has 1 unspecified atom stereocenters. The minimum Gasteiger partial charge on any atom is -0.444 e. The largest absolute Gasteiger partial charge is 0.444 e. The molecule has 2 fully saturated rings. The summed E-state index contributed by atoms with van der Waals surface area (Å²) < 4.78 is 5.42. The van der Waals surface area contributed by atoms with E-state index < -0.39 is 41.1 Å². The number of aromatic nitrogens is 1. The lowest BCUT2D eigenvalue weighted by Crippen LogP contribution is -2.60. The first-order valence-electron chi connectivity index (χ1n) is 14.5. The summed E-state index contributed by atoms with van der Waals surface area (Å²) in [4.78, 5) is 57.6. The number of likely N-dealkylation sites (tertiary alicyclic amines) is 1. The van der Waals surface area contributed by atoms with Gasteiger partial charge in [0.2, 0.25) is 11.8 Å². The Labute approximate surface area is 247 Å². The zero-order valence-corrected chi connectivity index (χ0v) is 26.0. The minimum atomic E-state index is -0.975. The predicted molar refractivity (Wildman–Crippen MR) is 159 cm³/mol. The third-order valence-corrected chi connectivity index (χ3v) is 8.51. The molecular formula is C32H43N5O5. The molecule has 1 aliphatic carbocycles. The van der Waals surface area contributed by atoms with E-state index in [0.717, 1.165) is 10.9 Å². The van der Waals surface area contributed by atoms with Gasteiger partial charge in [-0.15, -0.1) is 0 Å². The van der Waals surface area contributed by atoms with Crippen molar-refractivity contribution in [2.45, 2.75) is 92.5 Å². The van der Waals surface area contributed by atoms with Crippen LogP contribution in [0.15, 0.2) is 29.1 Å². The van der Waals surface area contributed by atoms with Crippen LogP contribution in [0.3, 0.4) is 0 Å². The maximum Gasteiger partial charge on any atom is 0.408 e. The summed E-state index contributed by atoms with van der Waals surface area (Å²) in [6, 6.07) is 6.84. The summed E-state index contributed by atoms with van der Waals surface area (Å²) in [6.45, 7) is 17.2. The zero-order valence-electron chi connectivity index (χ0n) is 26.0. The van der Waals surface area contributed by atoms with Crippen molar-refractivity contribution in [1.82, 2.24) is 20.5 Å². The van der Waals surface area contributed by atoms with Crippen molar-refractivity contribution >= 4 is 28.8 Å². The highest BCUT2D eigenvalue weighted by Crippen LogP contribution is 2.65. The van der Waals surface area contributed by atoms with Gasteiger partial charge in [-0.05, 0) is 73.9 Å². The number of ether oxygens (including phenoxy) is 1. The molecule has 0 bridgehead atoms. The fourth-order valence-electron chi connectivity index (χ4n) is 6.18.